The Morgan fingerprint density at radius 1 is 1.42 bits per heavy atom. The van der Waals surface area contributed by atoms with E-state index in [0.29, 0.717) is 6.07 Å². The van der Waals surface area contributed by atoms with Crippen LogP contribution in [-0.2, 0) is 12.3 Å². The molecule has 0 aromatic carbocycles. The maximum atomic E-state index is 12.8. The molecule has 0 saturated heterocycles. The van der Waals surface area contributed by atoms with Crippen LogP contribution in [0.5, 0.6) is 5.88 Å². The van der Waals surface area contributed by atoms with Crippen LogP contribution in [0.25, 0.3) is 0 Å². The van der Waals surface area contributed by atoms with Gasteiger partial charge in [0, 0.05) is 11.6 Å². The summed E-state index contributed by atoms with van der Waals surface area (Å²) in [6, 6.07) is 2.09. The van der Waals surface area contributed by atoms with E-state index in [2.05, 4.69) is 9.72 Å². The number of rotatable bonds is 4. The quantitative estimate of drug-likeness (QED) is 0.629. The number of alkyl halides is 6. The van der Waals surface area contributed by atoms with E-state index in [0.717, 1.165) is 0 Å². The Kier molecular flexibility index (Phi) is 4.89. The summed E-state index contributed by atoms with van der Waals surface area (Å²) in [4.78, 5) is 3.38. The van der Waals surface area contributed by atoms with Gasteiger partial charge in [-0.2, -0.15) is 5.26 Å². The summed E-state index contributed by atoms with van der Waals surface area (Å²) in [5.41, 5.74) is -1.16. The predicted octanol–water partition coefficient (Wildman–Crippen LogP) is 3.72. The number of nitrogens with zero attached hydrogens (tertiary/aromatic N) is 2. The zero-order valence-corrected chi connectivity index (χ0v) is 9.90. The van der Waals surface area contributed by atoms with E-state index in [4.69, 9.17) is 16.9 Å². The molecule has 19 heavy (non-hydrogen) atoms. The molecule has 104 valence electrons. The lowest BCUT2D eigenvalue weighted by Crippen LogP contribution is -2.19. The summed E-state index contributed by atoms with van der Waals surface area (Å²) in [6.45, 7) is 0. The van der Waals surface area contributed by atoms with E-state index in [-0.39, 0.29) is 11.3 Å². The second-order valence-electron chi connectivity index (χ2n) is 3.29. The second-order valence-corrected chi connectivity index (χ2v) is 3.56. The van der Waals surface area contributed by atoms with Crippen molar-refractivity contribution in [2.45, 2.75) is 25.1 Å². The molecule has 0 aliphatic rings. The van der Waals surface area contributed by atoms with Crippen molar-refractivity contribution in [2.24, 2.45) is 0 Å². The topological polar surface area (TPSA) is 45.9 Å². The number of hydrogen-bond acceptors (Lipinski definition) is 3. The molecule has 1 aromatic rings. The van der Waals surface area contributed by atoms with Gasteiger partial charge < -0.3 is 4.74 Å². The van der Waals surface area contributed by atoms with Crippen molar-refractivity contribution in [1.29, 1.82) is 5.26 Å². The molecule has 0 amide bonds. The molecule has 0 aliphatic heterocycles. The van der Waals surface area contributed by atoms with E-state index in [1.165, 1.54) is 0 Å². The van der Waals surface area contributed by atoms with Crippen molar-refractivity contribution in [3.05, 3.63) is 22.9 Å². The second kappa shape index (κ2) is 6.02. The molecule has 1 aromatic heterocycles. The van der Waals surface area contributed by atoms with Crippen LogP contribution in [0, 0.1) is 11.3 Å². The molecule has 0 N–H and O–H groups in total. The highest BCUT2D eigenvalue weighted by Gasteiger charge is 2.33. The molecule has 0 fully saturated rings. The van der Waals surface area contributed by atoms with Gasteiger partial charge in [-0.05, 0) is 5.56 Å². The van der Waals surface area contributed by atoms with Gasteiger partial charge in [-0.25, -0.2) is 13.8 Å². The average molecular weight is 301 g/mol. The molecule has 0 bridgehead atoms. The maximum absolute atomic E-state index is 12.8. The normalized spacial score (nSPS) is 11.5. The van der Waals surface area contributed by atoms with E-state index in [1.54, 1.807) is 6.07 Å². The molecular formula is C10H6ClF5N2O. The third-order valence-electron chi connectivity index (χ3n) is 2.06. The van der Waals surface area contributed by atoms with Crippen molar-refractivity contribution >= 4 is 11.6 Å². The zero-order chi connectivity index (χ0) is 14.6. The van der Waals surface area contributed by atoms with Gasteiger partial charge in [-0.3, -0.25) is 0 Å². The summed E-state index contributed by atoms with van der Waals surface area (Å²) in [6.07, 6.45) is -8.54. The number of aromatic nitrogens is 1. The van der Waals surface area contributed by atoms with E-state index < -0.39 is 36.5 Å². The Bertz CT molecular complexity index is 498. The van der Waals surface area contributed by atoms with Gasteiger partial charge in [0.1, 0.15) is 0 Å². The Morgan fingerprint density at radius 2 is 2.05 bits per heavy atom. The van der Waals surface area contributed by atoms with Crippen molar-refractivity contribution in [3.8, 4) is 11.9 Å². The molecule has 0 atom stereocenters. The molecule has 0 saturated carbocycles. The Hall–Kier alpha value is -1.62. The third-order valence-corrected chi connectivity index (χ3v) is 2.31. The highest BCUT2D eigenvalue weighted by Crippen LogP contribution is 2.31. The fourth-order valence-electron chi connectivity index (χ4n) is 1.38. The zero-order valence-electron chi connectivity index (χ0n) is 9.14. The lowest BCUT2D eigenvalue weighted by Gasteiger charge is -2.14. The first kappa shape index (κ1) is 15.4. The van der Waals surface area contributed by atoms with Crippen LogP contribution in [0.1, 0.15) is 23.2 Å². The molecule has 3 nitrogen and oxygen atoms in total. The molecule has 1 heterocycles. The fraction of sp³-hybridized carbons (Fsp3) is 0.400. The highest BCUT2D eigenvalue weighted by atomic mass is 35.5. The van der Waals surface area contributed by atoms with Gasteiger partial charge in [-0.1, -0.05) is 0 Å². The minimum absolute atomic E-state index is 0.179. The van der Waals surface area contributed by atoms with Gasteiger partial charge in [0.2, 0.25) is 5.88 Å². The summed E-state index contributed by atoms with van der Waals surface area (Å²) >= 11 is 5.43. The van der Waals surface area contributed by atoms with Gasteiger partial charge in [0.25, 0.3) is 6.43 Å². The first-order valence-corrected chi connectivity index (χ1v) is 5.31. The lowest BCUT2D eigenvalue weighted by molar-refractivity contribution is -0.276. The Morgan fingerprint density at radius 3 is 2.47 bits per heavy atom. The Balaban J connectivity index is 3.32. The lowest BCUT2D eigenvalue weighted by atomic mass is 10.0. The van der Waals surface area contributed by atoms with Crippen molar-refractivity contribution in [3.63, 3.8) is 0 Å². The smallest absolute Gasteiger partial charge is 0.388 e. The first-order chi connectivity index (χ1) is 8.78. The van der Waals surface area contributed by atoms with Crippen LogP contribution in [-0.4, -0.2) is 11.3 Å². The molecule has 0 aliphatic carbocycles. The highest BCUT2D eigenvalue weighted by molar-refractivity contribution is 6.17. The van der Waals surface area contributed by atoms with Crippen LogP contribution >= 0.6 is 11.6 Å². The fourth-order valence-corrected chi connectivity index (χ4v) is 1.60. The molecule has 9 heteroatoms. The monoisotopic (exact) mass is 300 g/mol. The molecule has 0 unspecified atom stereocenters. The number of halogens is 6. The maximum Gasteiger partial charge on any atom is 0.574 e. The number of pyridine rings is 1. The molecule has 1 rings (SSSR count). The minimum atomic E-state index is -5.05. The SMILES string of the molecule is N#CCc1c(C(F)F)cc(OC(F)(F)F)nc1CCl. The third kappa shape index (κ3) is 4.21. The largest absolute Gasteiger partial charge is 0.574 e. The van der Waals surface area contributed by atoms with Crippen LogP contribution in [0.3, 0.4) is 0 Å². The van der Waals surface area contributed by atoms with Crippen LogP contribution < -0.4 is 4.74 Å². The van der Waals surface area contributed by atoms with Crippen LogP contribution in [0.4, 0.5) is 22.0 Å². The standard InChI is InChI=1S/C10H6ClF5N2O/c11-4-7-5(1-2-17)6(9(12)13)3-8(18-7)19-10(14,15)16/h3,9H,1,4H2. The van der Waals surface area contributed by atoms with Gasteiger partial charge in [0.05, 0.1) is 24.1 Å². The van der Waals surface area contributed by atoms with Crippen LogP contribution in [0.15, 0.2) is 6.07 Å². The minimum Gasteiger partial charge on any atom is -0.388 e. The van der Waals surface area contributed by atoms with E-state index in [9.17, 15) is 22.0 Å². The van der Waals surface area contributed by atoms with Crippen molar-refractivity contribution in [2.75, 3.05) is 0 Å². The number of ether oxygens (including phenoxy) is 1. The number of hydrogen-bond donors (Lipinski definition) is 0. The molecule has 0 radical (unpaired) electrons. The summed E-state index contributed by atoms with van der Waals surface area (Å²) in [7, 11) is 0. The average Bonchev–Trinajstić information content (AvgIpc) is 2.28. The first-order valence-electron chi connectivity index (χ1n) is 4.78. The molecular weight excluding hydrogens is 295 g/mol. The summed E-state index contributed by atoms with van der Waals surface area (Å²) in [5.74, 6) is -1.44. The van der Waals surface area contributed by atoms with Gasteiger partial charge in [0.15, 0.2) is 0 Å². The van der Waals surface area contributed by atoms with Gasteiger partial charge in [-0.15, -0.1) is 24.8 Å². The van der Waals surface area contributed by atoms with Gasteiger partial charge >= 0.3 is 6.36 Å². The predicted molar refractivity (Wildman–Crippen MR) is 54.8 cm³/mol. The Labute approximate surface area is 109 Å². The molecule has 0 spiro atoms. The van der Waals surface area contributed by atoms with Crippen molar-refractivity contribution < 1.29 is 26.7 Å². The number of nitriles is 1. The van der Waals surface area contributed by atoms with Crippen molar-refractivity contribution in [1.82, 2.24) is 4.98 Å². The van der Waals surface area contributed by atoms with E-state index in [1.807, 2.05) is 0 Å². The van der Waals surface area contributed by atoms with E-state index >= 15 is 0 Å². The van der Waals surface area contributed by atoms with Crippen LogP contribution in [0.2, 0.25) is 0 Å². The summed E-state index contributed by atoms with van der Waals surface area (Å²) in [5, 5.41) is 8.52. The summed E-state index contributed by atoms with van der Waals surface area (Å²) < 4.78 is 65.1.